The van der Waals surface area contributed by atoms with E-state index in [1.807, 2.05) is 42.6 Å². The second-order valence-electron chi connectivity index (χ2n) is 7.36. The topological polar surface area (TPSA) is 83.0 Å². The van der Waals surface area contributed by atoms with Gasteiger partial charge in [0.25, 0.3) is 0 Å². The largest absolute Gasteiger partial charge is 0.354 e. The van der Waals surface area contributed by atoms with Crippen molar-refractivity contribution in [3.05, 3.63) is 60.8 Å². The van der Waals surface area contributed by atoms with E-state index in [1.54, 1.807) is 4.90 Å². The molecule has 0 radical (unpaired) electrons. The first-order valence-electron chi connectivity index (χ1n) is 9.76. The number of H-pyrrole nitrogens is 1. The van der Waals surface area contributed by atoms with Gasteiger partial charge in [0.05, 0.1) is 11.4 Å². The lowest BCUT2D eigenvalue weighted by atomic mass is 10.1. The number of fused-ring (bicyclic) bond motifs is 2. The van der Waals surface area contributed by atoms with Crippen LogP contribution in [0.15, 0.2) is 60.8 Å². The minimum atomic E-state index is -0.362. The van der Waals surface area contributed by atoms with Crippen LogP contribution in [0.2, 0.25) is 0 Å². The number of rotatable bonds is 5. The number of nitrogens with one attached hydrogen (secondary N) is 2. The molecule has 0 aliphatic carbocycles. The molecule has 29 heavy (non-hydrogen) atoms. The summed E-state index contributed by atoms with van der Waals surface area (Å²) in [7, 11) is 0. The molecular formula is C22H21N5O2. The van der Waals surface area contributed by atoms with Gasteiger partial charge in [0.2, 0.25) is 11.8 Å². The first-order chi connectivity index (χ1) is 14.2. The lowest BCUT2D eigenvalue weighted by molar-refractivity contribution is -0.126. The minimum Gasteiger partial charge on any atom is -0.354 e. The summed E-state index contributed by atoms with van der Waals surface area (Å²) in [6.45, 7) is 1.56. The Bertz CT molecular complexity index is 1210. The number of amides is 2. The summed E-state index contributed by atoms with van der Waals surface area (Å²) in [5, 5.41) is 12.3. The molecule has 1 fully saturated rings. The molecule has 3 heterocycles. The van der Waals surface area contributed by atoms with E-state index in [4.69, 9.17) is 0 Å². The van der Waals surface area contributed by atoms with Gasteiger partial charge in [-0.1, -0.05) is 30.3 Å². The van der Waals surface area contributed by atoms with E-state index in [-0.39, 0.29) is 24.2 Å². The number of carbonyl (C=O) groups is 2. The van der Waals surface area contributed by atoms with Gasteiger partial charge in [0, 0.05) is 43.2 Å². The second-order valence-corrected chi connectivity index (χ2v) is 7.36. The fraction of sp³-hybridized carbons (Fsp3) is 0.227. The Morgan fingerprint density at radius 3 is 2.90 bits per heavy atom. The summed E-state index contributed by atoms with van der Waals surface area (Å²) in [6, 6.07) is 17.9. The number of benzene rings is 2. The number of carbonyl (C=O) groups excluding carboxylic acids is 2. The zero-order chi connectivity index (χ0) is 19.8. The molecule has 2 N–H and O–H groups in total. The number of aromatic nitrogens is 3. The minimum absolute atomic E-state index is 0.0705. The maximum atomic E-state index is 12.6. The van der Waals surface area contributed by atoms with Crippen LogP contribution in [0.25, 0.3) is 21.8 Å². The maximum Gasteiger partial charge on any atom is 0.229 e. The summed E-state index contributed by atoms with van der Waals surface area (Å²) >= 11 is 0. The summed E-state index contributed by atoms with van der Waals surface area (Å²) in [4.78, 5) is 26.8. The van der Waals surface area contributed by atoms with E-state index in [0.29, 0.717) is 25.5 Å². The highest BCUT2D eigenvalue weighted by Crippen LogP contribution is 2.29. The fourth-order valence-electron chi connectivity index (χ4n) is 4.02. The lowest BCUT2D eigenvalue weighted by Gasteiger charge is -2.14. The van der Waals surface area contributed by atoms with E-state index < -0.39 is 0 Å². The van der Waals surface area contributed by atoms with Crippen molar-refractivity contribution in [2.75, 3.05) is 18.0 Å². The van der Waals surface area contributed by atoms with Crippen LogP contribution in [0, 0.1) is 5.92 Å². The molecule has 1 atom stereocenters. The third-order valence-corrected chi connectivity index (χ3v) is 5.53. The van der Waals surface area contributed by atoms with Crippen LogP contribution >= 0.6 is 0 Å². The molecule has 2 amide bonds. The number of aromatic amines is 1. The van der Waals surface area contributed by atoms with Crippen LogP contribution in [0.3, 0.4) is 0 Å². The van der Waals surface area contributed by atoms with Gasteiger partial charge in [0.15, 0.2) is 5.82 Å². The molecule has 2 aromatic carbocycles. The van der Waals surface area contributed by atoms with Gasteiger partial charge < -0.3 is 9.88 Å². The molecule has 0 unspecified atom stereocenters. The van der Waals surface area contributed by atoms with E-state index in [2.05, 4.69) is 38.3 Å². The van der Waals surface area contributed by atoms with Gasteiger partial charge in [-0.2, -0.15) is 5.10 Å². The van der Waals surface area contributed by atoms with E-state index in [9.17, 15) is 9.59 Å². The fourth-order valence-corrected chi connectivity index (χ4v) is 4.02. The Balaban J connectivity index is 1.22. The standard InChI is InChI=1S/C22H21N5O2/c28-20-13-16(14-27(20)21-17-6-2-3-7-18(17)24-25-21)22(29)23-10-12-26-11-9-15-5-1-4-8-19(15)26/h1-9,11,16H,10,12-14H2,(H,23,29)(H,24,25)/t16-/m0/s1. The van der Waals surface area contributed by atoms with Gasteiger partial charge in [0.1, 0.15) is 0 Å². The van der Waals surface area contributed by atoms with Crippen molar-refractivity contribution in [1.29, 1.82) is 0 Å². The summed E-state index contributed by atoms with van der Waals surface area (Å²) in [5.74, 6) is 0.0787. The molecule has 0 saturated carbocycles. The maximum absolute atomic E-state index is 12.6. The van der Waals surface area contributed by atoms with Gasteiger partial charge in [-0.05, 0) is 29.7 Å². The zero-order valence-corrected chi connectivity index (χ0v) is 15.8. The molecule has 2 aromatic heterocycles. The number of hydrogen-bond acceptors (Lipinski definition) is 3. The van der Waals surface area contributed by atoms with Crippen LogP contribution in [0.4, 0.5) is 5.82 Å². The number of anilines is 1. The molecule has 7 nitrogen and oxygen atoms in total. The Labute approximate surface area is 167 Å². The third kappa shape index (κ3) is 3.14. The third-order valence-electron chi connectivity index (χ3n) is 5.53. The lowest BCUT2D eigenvalue weighted by Crippen LogP contribution is -2.34. The highest BCUT2D eigenvalue weighted by atomic mass is 16.2. The monoisotopic (exact) mass is 387 g/mol. The van der Waals surface area contributed by atoms with Crippen molar-refractivity contribution >= 4 is 39.4 Å². The van der Waals surface area contributed by atoms with Gasteiger partial charge in [-0.25, -0.2) is 0 Å². The van der Waals surface area contributed by atoms with Crippen LogP contribution in [-0.4, -0.2) is 39.7 Å². The second kappa shape index (κ2) is 7.09. The molecule has 1 saturated heterocycles. The zero-order valence-electron chi connectivity index (χ0n) is 15.8. The molecule has 5 rings (SSSR count). The highest BCUT2D eigenvalue weighted by Gasteiger charge is 2.36. The Kier molecular flexibility index (Phi) is 4.27. The van der Waals surface area contributed by atoms with Crippen LogP contribution in [0.1, 0.15) is 6.42 Å². The van der Waals surface area contributed by atoms with Crippen LogP contribution in [-0.2, 0) is 16.1 Å². The number of hydrogen-bond donors (Lipinski definition) is 2. The molecule has 0 bridgehead atoms. The highest BCUT2D eigenvalue weighted by molar-refractivity contribution is 6.05. The van der Waals surface area contributed by atoms with E-state index in [1.165, 1.54) is 5.39 Å². The molecule has 146 valence electrons. The molecule has 1 aliphatic heterocycles. The molecule has 0 spiro atoms. The van der Waals surface area contributed by atoms with Gasteiger partial charge in [-0.3, -0.25) is 19.6 Å². The molecule has 4 aromatic rings. The number of nitrogens with zero attached hydrogens (tertiary/aromatic N) is 3. The van der Waals surface area contributed by atoms with Crippen molar-refractivity contribution in [3.63, 3.8) is 0 Å². The quantitative estimate of drug-likeness (QED) is 0.552. The predicted octanol–water partition coefficient (Wildman–Crippen LogP) is 2.69. The van der Waals surface area contributed by atoms with E-state index >= 15 is 0 Å². The normalized spacial score (nSPS) is 16.8. The summed E-state index contributed by atoms with van der Waals surface area (Å²) < 4.78 is 2.12. The van der Waals surface area contributed by atoms with Crippen LogP contribution in [0.5, 0.6) is 0 Å². The molecule has 1 aliphatic rings. The van der Waals surface area contributed by atoms with Crippen molar-refractivity contribution in [3.8, 4) is 0 Å². The molecular weight excluding hydrogens is 366 g/mol. The van der Waals surface area contributed by atoms with Gasteiger partial charge in [-0.15, -0.1) is 0 Å². The van der Waals surface area contributed by atoms with Crippen LogP contribution < -0.4 is 10.2 Å². The summed E-state index contributed by atoms with van der Waals surface area (Å²) in [5.41, 5.74) is 2.02. The average Bonchev–Trinajstić information content (AvgIpc) is 3.45. The smallest absolute Gasteiger partial charge is 0.229 e. The average molecular weight is 387 g/mol. The Morgan fingerprint density at radius 2 is 1.97 bits per heavy atom. The van der Waals surface area contributed by atoms with Gasteiger partial charge >= 0.3 is 0 Å². The van der Waals surface area contributed by atoms with Crippen molar-refractivity contribution in [2.24, 2.45) is 5.92 Å². The van der Waals surface area contributed by atoms with Crippen molar-refractivity contribution in [1.82, 2.24) is 20.1 Å². The first-order valence-corrected chi connectivity index (χ1v) is 9.76. The van der Waals surface area contributed by atoms with E-state index in [0.717, 1.165) is 16.4 Å². The Morgan fingerprint density at radius 1 is 1.14 bits per heavy atom. The number of para-hydroxylation sites is 2. The SMILES string of the molecule is O=C(NCCn1ccc2ccccc21)[C@H]1CC(=O)N(c2n[nH]c3ccccc23)C1. The van der Waals surface area contributed by atoms with Crippen molar-refractivity contribution in [2.45, 2.75) is 13.0 Å². The Hall–Kier alpha value is -3.61. The predicted molar refractivity (Wildman–Crippen MR) is 112 cm³/mol. The summed E-state index contributed by atoms with van der Waals surface area (Å²) in [6.07, 6.45) is 2.24. The first kappa shape index (κ1) is 17.5. The van der Waals surface area contributed by atoms with Crippen molar-refractivity contribution < 1.29 is 9.59 Å². The molecule has 7 heteroatoms.